The number of nitrogens with zero attached hydrogens (tertiary/aromatic N) is 4. The minimum atomic E-state index is -0.447. The SMILES string of the molecule is Cc1ccn(C(C)CN(C)C)c(=O)c1C(=O)NCCn1ncc2ccccc2c1=O. The number of benzene rings is 1. The third kappa shape index (κ3) is 4.49. The zero-order valence-electron chi connectivity index (χ0n) is 17.8. The first-order valence-corrected chi connectivity index (χ1v) is 9.89. The topological polar surface area (TPSA) is 89.2 Å². The van der Waals surface area contributed by atoms with Crippen molar-refractivity contribution in [2.75, 3.05) is 27.2 Å². The van der Waals surface area contributed by atoms with E-state index >= 15 is 0 Å². The van der Waals surface area contributed by atoms with E-state index in [-0.39, 0.29) is 35.8 Å². The van der Waals surface area contributed by atoms with Crippen molar-refractivity contribution in [3.05, 3.63) is 74.6 Å². The maximum absolute atomic E-state index is 12.9. The molecular weight excluding hydrogens is 382 g/mol. The first-order chi connectivity index (χ1) is 14.3. The number of hydrogen-bond acceptors (Lipinski definition) is 5. The number of likely N-dealkylation sites (N-methyl/N-ethyl adjacent to an activating group) is 1. The Morgan fingerprint density at radius 3 is 2.63 bits per heavy atom. The Morgan fingerprint density at radius 1 is 1.17 bits per heavy atom. The van der Waals surface area contributed by atoms with E-state index in [1.165, 1.54) is 4.68 Å². The number of hydrogen-bond donors (Lipinski definition) is 1. The lowest BCUT2D eigenvalue weighted by atomic mass is 10.1. The molecule has 0 aliphatic heterocycles. The Kier molecular flexibility index (Phi) is 6.47. The van der Waals surface area contributed by atoms with Crippen molar-refractivity contribution in [3.63, 3.8) is 0 Å². The summed E-state index contributed by atoms with van der Waals surface area (Å²) in [6, 6.07) is 8.94. The number of carbonyl (C=O) groups excluding carboxylic acids is 1. The van der Waals surface area contributed by atoms with Gasteiger partial charge in [0.2, 0.25) is 0 Å². The Bertz CT molecular complexity index is 1180. The lowest BCUT2D eigenvalue weighted by Crippen LogP contribution is -2.38. The molecule has 0 radical (unpaired) electrons. The normalized spacial score (nSPS) is 12.3. The summed E-state index contributed by atoms with van der Waals surface area (Å²) in [6.07, 6.45) is 3.35. The van der Waals surface area contributed by atoms with Crippen molar-refractivity contribution in [3.8, 4) is 0 Å². The van der Waals surface area contributed by atoms with Gasteiger partial charge in [0.15, 0.2) is 0 Å². The highest BCUT2D eigenvalue weighted by Gasteiger charge is 2.18. The molecule has 8 nitrogen and oxygen atoms in total. The molecule has 1 N–H and O–H groups in total. The van der Waals surface area contributed by atoms with E-state index in [1.807, 2.05) is 38.1 Å². The molecule has 158 valence electrons. The summed E-state index contributed by atoms with van der Waals surface area (Å²) in [7, 11) is 3.87. The van der Waals surface area contributed by atoms with Crippen LogP contribution in [0.4, 0.5) is 0 Å². The molecule has 0 bridgehead atoms. The largest absolute Gasteiger partial charge is 0.350 e. The molecule has 0 spiro atoms. The zero-order valence-corrected chi connectivity index (χ0v) is 17.8. The van der Waals surface area contributed by atoms with Crippen LogP contribution in [-0.4, -0.2) is 52.3 Å². The van der Waals surface area contributed by atoms with E-state index in [4.69, 9.17) is 0 Å². The molecule has 1 atom stereocenters. The van der Waals surface area contributed by atoms with Gasteiger partial charge < -0.3 is 14.8 Å². The Morgan fingerprint density at radius 2 is 1.90 bits per heavy atom. The van der Waals surface area contributed by atoms with Gasteiger partial charge in [0, 0.05) is 30.7 Å². The van der Waals surface area contributed by atoms with E-state index in [1.54, 1.807) is 42.1 Å². The molecular formula is C22H27N5O3. The number of carbonyl (C=O) groups is 1. The van der Waals surface area contributed by atoms with E-state index in [0.29, 0.717) is 17.5 Å². The van der Waals surface area contributed by atoms with Gasteiger partial charge in [0.1, 0.15) is 5.56 Å². The summed E-state index contributed by atoms with van der Waals surface area (Å²) in [5, 5.41) is 8.26. The zero-order chi connectivity index (χ0) is 21.8. The Balaban J connectivity index is 1.75. The second kappa shape index (κ2) is 9.04. The molecule has 0 saturated carbocycles. The van der Waals surface area contributed by atoms with E-state index in [0.717, 1.165) is 5.39 Å². The molecule has 1 unspecified atom stereocenters. The summed E-state index contributed by atoms with van der Waals surface area (Å²) in [6.45, 7) is 4.76. The van der Waals surface area contributed by atoms with Gasteiger partial charge in [-0.2, -0.15) is 5.10 Å². The summed E-state index contributed by atoms with van der Waals surface area (Å²) < 4.78 is 2.90. The maximum atomic E-state index is 12.9. The fourth-order valence-electron chi connectivity index (χ4n) is 3.53. The number of amides is 1. The van der Waals surface area contributed by atoms with E-state index in [9.17, 15) is 14.4 Å². The molecule has 2 heterocycles. The average Bonchev–Trinajstić information content (AvgIpc) is 2.69. The van der Waals surface area contributed by atoms with Gasteiger partial charge in [-0.3, -0.25) is 14.4 Å². The van der Waals surface area contributed by atoms with Crippen LogP contribution in [0.15, 0.2) is 52.3 Å². The molecule has 3 rings (SSSR count). The third-order valence-corrected chi connectivity index (χ3v) is 5.03. The van der Waals surface area contributed by atoms with Crippen molar-refractivity contribution in [1.82, 2.24) is 24.6 Å². The molecule has 1 aromatic carbocycles. The molecule has 1 amide bonds. The van der Waals surface area contributed by atoms with Crippen LogP contribution in [0.3, 0.4) is 0 Å². The maximum Gasteiger partial charge on any atom is 0.274 e. The van der Waals surface area contributed by atoms with Crippen LogP contribution in [0.1, 0.15) is 28.9 Å². The third-order valence-electron chi connectivity index (χ3n) is 5.03. The molecule has 30 heavy (non-hydrogen) atoms. The molecule has 8 heteroatoms. The Labute approximate surface area is 174 Å². The van der Waals surface area contributed by atoms with Crippen LogP contribution in [0, 0.1) is 6.92 Å². The highest BCUT2D eigenvalue weighted by molar-refractivity contribution is 5.95. The number of pyridine rings is 1. The number of nitrogens with one attached hydrogen (secondary N) is 1. The monoisotopic (exact) mass is 409 g/mol. The second-order valence-corrected chi connectivity index (χ2v) is 7.71. The first-order valence-electron chi connectivity index (χ1n) is 9.89. The van der Waals surface area contributed by atoms with Crippen LogP contribution in [0.5, 0.6) is 0 Å². The molecule has 0 saturated heterocycles. The lowest BCUT2D eigenvalue weighted by Gasteiger charge is -2.20. The summed E-state index contributed by atoms with van der Waals surface area (Å²) in [5.41, 5.74) is 0.217. The van der Waals surface area contributed by atoms with Crippen molar-refractivity contribution < 1.29 is 4.79 Å². The molecule has 0 aliphatic rings. The van der Waals surface area contributed by atoms with Crippen LogP contribution in [0.25, 0.3) is 10.8 Å². The number of aromatic nitrogens is 3. The lowest BCUT2D eigenvalue weighted by molar-refractivity contribution is 0.0948. The van der Waals surface area contributed by atoms with Crippen molar-refractivity contribution in [1.29, 1.82) is 0 Å². The van der Waals surface area contributed by atoms with Crippen LogP contribution in [0.2, 0.25) is 0 Å². The van der Waals surface area contributed by atoms with Gasteiger partial charge in [0.25, 0.3) is 17.0 Å². The highest BCUT2D eigenvalue weighted by atomic mass is 16.2. The van der Waals surface area contributed by atoms with Crippen LogP contribution in [-0.2, 0) is 6.54 Å². The van der Waals surface area contributed by atoms with Crippen LogP contribution >= 0.6 is 0 Å². The first kappa shape index (κ1) is 21.4. The fraction of sp³-hybridized carbons (Fsp3) is 0.364. The highest BCUT2D eigenvalue weighted by Crippen LogP contribution is 2.08. The average molecular weight is 409 g/mol. The molecule has 0 fully saturated rings. The van der Waals surface area contributed by atoms with Gasteiger partial charge in [-0.05, 0) is 45.6 Å². The predicted molar refractivity (Wildman–Crippen MR) is 117 cm³/mol. The quantitative estimate of drug-likeness (QED) is 0.638. The van der Waals surface area contributed by atoms with Crippen molar-refractivity contribution in [2.45, 2.75) is 26.4 Å². The number of fused-ring (bicyclic) bond motifs is 1. The standard InChI is InChI=1S/C22H27N5O3/c1-15-9-11-26(16(2)14-25(3)4)22(30)19(15)20(28)23-10-12-27-21(29)18-8-6-5-7-17(18)13-24-27/h5-9,11,13,16H,10,12,14H2,1-4H3,(H,23,28). The summed E-state index contributed by atoms with van der Waals surface area (Å²) in [4.78, 5) is 40.1. The predicted octanol–water partition coefficient (Wildman–Crippen LogP) is 1.42. The molecule has 3 aromatic rings. The van der Waals surface area contributed by atoms with Crippen molar-refractivity contribution >= 4 is 16.7 Å². The molecule has 2 aromatic heterocycles. The number of aryl methyl sites for hydroxylation is 1. The minimum Gasteiger partial charge on any atom is -0.350 e. The molecule has 0 aliphatic carbocycles. The minimum absolute atomic E-state index is 0.0694. The smallest absolute Gasteiger partial charge is 0.274 e. The number of rotatable bonds is 7. The Hall–Kier alpha value is -3.26. The fourth-order valence-corrected chi connectivity index (χ4v) is 3.53. The second-order valence-electron chi connectivity index (χ2n) is 7.71. The van der Waals surface area contributed by atoms with Gasteiger partial charge in [-0.15, -0.1) is 0 Å². The van der Waals surface area contributed by atoms with Gasteiger partial charge in [0.05, 0.1) is 18.1 Å². The van der Waals surface area contributed by atoms with Gasteiger partial charge >= 0.3 is 0 Å². The summed E-state index contributed by atoms with van der Waals surface area (Å²) in [5.74, 6) is -0.447. The van der Waals surface area contributed by atoms with Crippen LogP contribution < -0.4 is 16.4 Å². The summed E-state index contributed by atoms with van der Waals surface area (Å²) >= 11 is 0. The van der Waals surface area contributed by atoms with E-state index < -0.39 is 5.91 Å². The van der Waals surface area contributed by atoms with Crippen molar-refractivity contribution in [2.24, 2.45) is 0 Å². The van der Waals surface area contributed by atoms with Gasteiger partial charge in [-0.25, -0.2) is 4.68 Å². The van der Waals surface area contributed by atoms with Gasteiger partial charge in [-0.1, -0.05) is 18.2 Å². The van der Waals surface area contributed by atoms with E-state index in [2.05, 4.69) is 10.4 Å².